The summed E-state index contributed by atoms with van der Waals surface area (Å²) in [6, 6.07) is 5.55. The summed E-state index contributed by atoms with van der Waals surface area (Å²) in [5.74, 6) is -0.291. The number of fused-ring (bicyclic) bond motifs is 3. The summed E-state index contributed by atoms with van der Waals surface area (Å²) in [5, 5.41) is 0. The molecule has 1 heterocycles. The first-order valence-electron chi connectivity index (χ1n) is 6.76. The lowest BCUT2D eigenvalue weighted by molar-refractivity contribution is 0.00695. The van der Waals surface area contributed by atoms with Gasteiger partial charge in [-0.05, 0) is 39.0 Å². The van der Waals surface area contributed by atoms with E-state index in [4.69, 9.17) is 4.74 Å². The highest BCUT2D eigenvalue weighted by Gasteiger charge is 2.24. The monoisotopic (exact) mass is 267 g/mol. The van der Waals surface area contributed by atoms with E-state index in [2.05, 4.69) is 11.1 Å². The van der Waals surface area contributed by atoms with Gasteiger partial charge in [0.25, 0.3) is 0 Å². The minimum atomic E-state index is -0.482. The van der Waals surface area contributed by atoms with E-state index in [0.717, 1.165) is 29.0 Å². The molecular formula is C17H17NO2. The molecule has 3 rings (SSSR count). The summed E-state index contributed by atoms with van der Waals surface area (Å²) >= 11 is 0. The molecule has 1 aromatic rings. The van der Waals surface area contributed by atoms with Crippen LogP contribution in [0.4, 0.5) is 5.69 Å². The Hall–Kier alpha value is -2.16. The molecule has 2 aliphatic rings. The van der Waals surface area contributed by atoms with Crippen molar-refractivity contribution in [2.75, 3.05) is 0 Å². The molecule has 0 radical (unpaired) electrons. The Kier molecular flexibility index (Phi) is 2.85. The second-order valence-corrected chi connectivity index (χ2v) is 6.00. The third-order valence-corrected chi connectivity index (χ3v) is 3.20. The Labute approximate surface area is 118 Å². The second kappa shape index (κ2) is 4.44. The standard InChI is InChI=1S/C17H17NO2/c1-17(2,3)20-16(19)11-8-9-15-13(10-11)12-6-4-5-7-14(12)18-15/h4-6,8-10H,7H2,1-3H3. The number of benzene rings is 1. The van der Waals surface area contributed by atoms with Gasteiger partial charge in [0.2, 0.25) is 0 Å². The summed E-state index contributed by atoms with van der Waals surface area (Å²) in [5.41, 5.74) is 4.24. The summed E-state index contributed by atoms with van der Waals surface area (Å²) in [6.07, 6.45) is 7.02. The summed E-state index contributed by atoms with van der Waals surface area (Å²) in [7, 11) is 0. The number of ether oxygens (including phenoxy) is 1. The Balaban J connectivity index is 1.95. The number of allylic oxidation sites excluding steroid dienone is 4. The number of esters is 1. The largest absolute Gasteiger partial charge is 0.456 e. The van der Waals surface area contributed by atoms with Crippen LogP contribution in [0.25, 0.3) is 5.57 Å². The highest BCUT2D eigenvalue weighted by molar-refractivity contribution is 6.30. The van der Waals surface area contributed by atoms with Crippen molar-refractivity contribution in [2.24, 2.45) is 4.99 Å². The highest BCUT2D eigenvalue weighted by atomic mass is 16.6. The molecule has 0 atom stereocenters. The maximum absolute atomic E-state index is 12.1. The topological polar surface area (TPSA) is 38.7 Å². The zero-order valence-corrected chi connectivity index (χ0v) is 11.9. The molecule has 3 heteroatoms. The van der Waals surface area contributed by atoms with Gasteiger partial charge < -0.3 is 4.74 Å². The Morgan fingerprint density at radius 3 is 2.85 bits per heavy atom. The summed E-state index contributed by atoms with van der Waals surface area (Å²) < 4.78 is 5.41. The van der Waals surface area contributed by atoms with Gasteiger partial charge in [-0.1, -0.05) is 18.2 Å². The molecule has 1 aliphatic heterocycles. The molecule has 20 heavy (non-hydrogen) atoms. The second-order valence-electron chi connectivity index (χ2n) is 6.00. The quantitative estimate of drug-likeness (QED) is 0.719. The van der Waals surface area contributed by atoms with Crippen LogP contribution >= 0.6 is 0 Å². The van der Waals surface area contributed by atoms with Gasteiger partial charge in [-0.15, -0.1) is 0 Å². The Morgan fingerprint density at radius 1 is 1.30 bits per heavy atom. The van der Waals surface area contributed by atoms with Gasteiger partial charge in [0.15, 0.2) is 0 Å². The number of aliphatic imine (C=N–C) groups is 1. The van der Waals surface area contributed by atoms with Crippen molar-refractivity contribution in [3.8, 4) is 0 Å². The van der Waals surface area contributed by atoms with E-state index in [1.54, 1.807) is 6.07 Å². The van der Waals surface area contributed by atoms with Crippen LogP contribution in [0.15, 0.2) is 41.4 Å². The molecule has 0 bridgehead atoms. The number of hydrogen-bond donors (Lipinski definition) is 0. The molecule has 0 spiro atoms. The molecule has 102 valence electrons. The molecule has 3 nitrogen and oxygen atoms in total. The summed E-state index contributed by atoms with van der Waals surface area (Å²) in [6.45, 7) is 5.61. The van der Waals surface area contributed by atoms with Crippen molar-refractivity contribution in [2.45, 2.75) is 32.8 Å². The predicted molar refractivity (Wildman–Crippen MR) is 80.4 cm³/mol. The minimum absolute atomic E-state index is 0.291. The lowest BCUT2D eigenvalue weighted by Gasteiger charge is -2.19. The van der Waals surface area contributed by atoms with Crippen LogP contribution < -0.4 is 0 Å². The molecule has 1 aromatic carbocycles. The highest BCUT2D eigenvalue weighted by Crippen LogP contribution is 2.38. The number of hydrogen-bond acceptors (Lipinski definition) is 3. The maximum atomic E-state index is 12.1. The van der Waals surface area contributed by atoms with E-state index in [9.17, 15) is 4.79 Å². The fourth-order valence-electron chi connectivity index (χ4n) is 2.36. The van der Waals surface area contributed by atoms with Gasteiger partial charge in [-0.3, -0.25) is 4.99 Å². The van der Waals surface area contributed by atoms with Crippen LogP contribution in [0.3, 0.4) is 0 Å². The third-order valence-electron chi connectivity index (χ3n) is 3.20. The van der Waals surface area contributed by atoms with Gasteiger partial charge in [0.05, 0.1) is 17.0 Å². The van der Waals surface area contributed by atoms with Crippen molar-refractivity contribution >= 4 is 22.9 Å². The van der Waals surface area contributed by atoms with Gasteiger partial charge in [0.1, 0.15) is 5.60 Å². The first-order valence-corrected chi connectivity index (χ1v) is 6.76. The van der Waals surface area contributed by atoms with Crippen molar-refractivity contribution in [1.82, 2.24) is 0 Å². The average Bonchev–Trinajstić information content (AvgIpc) is 2.74. The van der Waals surface area contributed by atoms with Crippen molar-refractivity contribution in [3.05, 3.63) is 47.6 Å². The molecule has 0 amide bonds. The van der Waals surface area contributed by atoms with Crippen molar-refractivity contribution in [3.63, 3.8) is 0 Å². The van der Waals surface area contributed by atoms with Crippen LogP contribution in [-0.2, 0) is 4.74 Å². The van der Waals surface area contributed by atoms with Crippen molar-refractivity contribution < 1.29 is 9.53 Å². The predicted octanol–water partition coefficient (Wildman–Crippen LogP) is 4.07. The van der Waals surface area contributed by atoms with Crippen molar-refractivity contribution in [1.29, 1.82) is 0 Å². The zero-order valence-electron chi connectivity index (χ0n) is 11.9. The van der Waals surface area contributed by atoms with E-state index in [-0.39, 0.29) is 5.97 Å². The average molecular weight is 267 g/mol. The van der Waals surface area contributed by atoms with E-state index < -0.39 is 5.60 Å². The van der Waals surface area contributed by atoms with E-state index in [0.29, 0.717) is 5.56 Å². The van der Waals surface area contributed by atoms with Gasteiger partial charge >= 0.3 is 5.97 Å². The Morgan fingerprint density at radius 2 is 2.10 bits per heavy atom. The van der Waals surface area contributed by atoms with E-state index in [1.165, 1.54) is 0 Å². The number of nitrogens with zero attached hydrogens (tertiary/aromatic N) is 1. The third kappa shape index (κ3) is 2.31. The molecule has 0 fully saturated rings. The first-order chi connectivity index (χ1) is 9.44. The number of carbonyl (C=O) groups is 1. The SMILES string of the molecule is CC(C)(C)OC(=O)c1ccc2c(c1)C1=CC=CCC1=N2. The smallest absolute Gasteiger partial charge is 0.338 e. The molecule has 0 saturated heterocycles. The number of carbonyl (C=O) groups excluding carboxylic acids is 1. The maximum Gasteiger partial charge on any atom is 0.338 e. The first kappa shape index (κ1) is 12.9. The normalized spacial score (nSPS) is 16.1. The van der Waals surface area contributed by atoms with Gasteiger partial charge in [-0.25, -0.2) is 4.79 Å². The van der Waals surface area contributed by atoms with E-state index in [1.807, 2.05) is 45.1 Å². The number of rotatable bonds is 1. The van der Waals surface area contributed by atoms with Crippen LogP contribution in [-0.4, -0.2) is 17.3 Å². The molecule has 0 N–H and O–H groups in total. The fraction of sp³-hybridized carbons (Fsp3) is 0.294. The summed E-state index contributed by atoms with van der Waals surface area (Å²) in [4.78, 5) is 16.7. The lowest BCUT2D eigenvalue weighted by Crippen LogP contribution is -2.23. The lowest BCUT2D eigenvalue weighted by atomic mass is 9.96. The Bertz CT molecular complexity index is 673. The molecule has 0 saturated carbocycles. The molecule has 1 aliphatic carbocycles. The van der Waals surface area contributed by atoms with Crippen LogP contribution in [0.5, 0.6) is 0 Å². The molecule has 0 aromatic heterocycles. The zero-order chi connectivity index (χ0) is 14.3. The van der Waals surface area contributed by atoms with Gasteiger partial charge in [-0.2, -0.15) is 0 Å². The minimum Gasteiger partial charge on any atom is -0.456 e. The molecular weight excluding hydrogens is 250 g/mol. The van der Waals surface area contributed by atoms with Crippen LogP contribution in [0.1, 0.15) is 43.1 Å². The van der Waals surface area contributed by atoms with Crippen LogP contribution in [0, 0.1) is 0 Å². The molecule has 0 unspecified atom stereocenters. The van der Waals surface area contributed by atoms with Crippen LogP contribution in [0.2, 0.25) is 0 Å². The van der Waals surface area contributed by atoms with E-state index >= 15 is 0 Å². The van der Waals surface area contributed by atoms with Gasteiger partial charge in [0, 0.05) is 17.6 Å². The fourth-order valence-corrected chi connectivity index (χ4v) is 2.36.